The van der Waals surface area contributed by atoms with Crippen molar-refractivity contribution < 1.29 is 4.74 Å². The molecule has 0 fully saturated rings. The highest BCUT2D eigenvalue weighted by Gasteiger charge is 2.07. The van der Waals surface area contributed by atoms with Crippen LogP contribution in [0.3, 0.4) is 0 Å². The molecule has 2 rings (SSSR count). The van der Waals surface area contributed by atoms with Gasteiger partial charge in [-0.05, 0) is 0 Å². The maximum Gasteiger partial charge on any atom is 0.243 e. The summed E-state index contributed by atoms with van der Waals surface area (Å²) in [5.41, 5.74) is 0. The van der Waals surface area contributed by atoms with Crippen molar-refractivity contribution in [3.63, 3.8) is 0 Å². The van der Waals surface area contributed by atoms with Crippen LogP contribution in [0.1, 0.15) is 0 Å². The second kappa shape index (κ2) is 5.16. The highest BCUT2D eigenvalue weighted by molar-refractivity contribution is 6.31. The standard InChI is InChI=1S/C10H8Cl2N4O/c1-13-10-15-5-8(12)9(16-10)17-7-2-6(11)3-14-4-7/h2-5H,1H3,(H,13,15,16). The van der Waals surface area contributed by atoms with Gasteiger partial charge in [0.25, 0.3) is 0 Å². The van der Waals surface area contributed by atoms with E-state index in [-0.39, 0.29) is 5.88 Å². The lowest BCUT2D eigenvalue weighted by atomic mass is 10.4. The predicted octanol–water partition coefficient (Wildman–Crippen LogP) is 3.01. The average molecular weight is 271 g/mol. The number of halogens is 2. The molecule has 17 heavy (non-hydrogen) atoms. The van der Waals surface area contributed by atoms with Crippen LogP contribution in [0.4, 0.5) is 5.95 Å². The predicted molar refractivity (Wildman–Crippen MR) is 65.9 cm³/mol. The number of hydrogen-bond donors (Lipinski definition) is 1. The zero-order valence-electron chi connectivity index (χ0n) is 8.82. The Kier molecular flexibility index (Phi) is 3.61. The topological polar surface area (TPSA) is 59.9 Å². The third-order valence-corrected chi connectivity index (χ3v) is 2.30. The summed E-state index contributed by atoms with van der Waals surface area (Å²) in [6.07, 6.45) is 4.48. The lowest BCUT2D eigenvalue weighted by Gasteiger charge is -2.07. The minimum atomic E-state index is 0.245. The van der Waals surface area contributed by atoms with E-state index in [9.17, 15) is 0 Å². The molecular weight excluding hydrogens is 263 g/mol. The molecule has 0 spiro atoms. The van der Waals surface area contributed by atoms with Crippen LogP contribution in [0.2, 0.25) is 10.0 Å². The van der Waals surface area contributed by atoms with Crippen LogP contribution in [0.25, 0.3) is 0 Å². The van der Waals surface area contributed by atoms with Crippen molar-refractivity contribution >= 4 is 29.2 Å². The van der Waals surface area contributed by atoms with E-state index < -0.39 is 0 Å². The molecule has 88 valence electrons. The Labute approximate surface area is 108 Å². The highest BCUT2D eigenvalue weighted by Crippen LogP contribution is 2.28. The molecule has 0 amide bonds. The summed E-state index contributed by atoms with van der Waals surface area (Å²) in [4.78, 5) is 11.9. The molecule has 2 aromatic rings. The van der Waals surface area contributed by atoms with Crippen LogP contribution in [-0.2, 0) is 0 Å². The SMILES string of the molecule is CNc1ncc(Cl)c(Oc2cncc(Cl)c2)n1. The second-order valence-corrected chi connectivity index (χ2v) is 3.88. The largest absolute Gasteiger partial charge is 0.436 e. The summed E-state index contributed by atoms with van der Waals surface area (Å²) in [6.45, 7) is 0. The lowest BCUT2D eigenvalue weighted by molar-refractivity contribution is 0.460. The molecule has 0 saturated heterocycles. The summed E-state index contributed by atoms with van der Waals surface area (Å²) >= 11 is 11.7. The molecule has 5 nitrogen and oxygen atoms in total. The first-order chi connectivity index (χ1) is 8.19. The molecule has 0 aliphatic carbocycles. The van der Waals surface area contributed by atoms with Gasteiger partial charge in [0, 0.05) is 19.3 Å². The van der Waals surface area contributed by atoms with Crippen molar-refractivity contribution in [2.24, 2.45) is 0 Å². The maximum absolute atomic E-state index is 5.91. The minimum Gasteiger partial charge on any atom is -0.436 e. The highest BCUT2D eigenvalue weighted by atomic mass is 35.5. The Bertz CT molecular complexity index is 535. The van der Waals surface area contributed by atoms with Crippen molar-refractivity contribution in [2.75, 3.05) is 12.4 Å². The Morgan fingerprint density at radius 3 is 2.76 bits per heavy atom. The van der Waals surface area contributed by atoms with Crippen molar-refractivity contribution in [1.82, 2.24) is 15.0 Å². The molecule has 0 aliphatic rings. The van der Waals surface area contributed by atoms with Crippen molar-refractivity contribution in [1.29, 1.82) is 0 Å². The van der Waals surface area contributed by atoms with Gasteiger partial charge >= 0.3 is 0 Å². The number of aromatic nitrogens is 3. The fourth-order valence-corrected chi connectivity index (χ4v) is 1.40. The number of nitrogens with zero attached hydrogens (tertiary/aromatic N) is 3. The Balaban J connectivity index is 2.29. The lowest BCUT2D eigenvalue weighted by Crippen LogP contribution is -1.98. The quantitative estimate of drug-likeness (QED) is 0.929. The van der Waals surface area contributed by atoms with Crippen LogP contribution in [-0.4, -0.2) is 22.0 Å². The number of anilines is 1. The van der Waals surface area contributed by atoms with E-state index in [1.54, 1.807) is 13.1 Å². The molecule has 0 saturated carbocycles. The Morgan fingerprint density at radius 2 is 2.06 bits per heavy atom. The van der Waals surface area contributed by atoms with Crippen LogP contribution in [0, 0.1) is 0 Å². The maximum atomic E-state index is 5.91. The van der Waals surface area contributed by atoms with Gasteiger partial charge in [0.1, 0.15) is 10.8 Å². The summed E-state index contributed by atoms with van der Waals surface area (Å²) in [7, 11) is 1.70. The van der Waals surface area contributed by atoms with E-state index in [2.05, 4.69) is 20.3 Å². The van der Waals surface area contributed by atoms with E-state index in [0.717, 1.165) is 0 Å². The van der Waals surface area contributed by atoms with Crippen molar-refractivity contribution in [3.05, 3.63) is 34.7 Å². The molecule has 2 heterocycles. The molecule has 0 radical (unpaired) electrons. The van der Waals surface area contributed by atoms with Gasteiger partial charge in [0.15, 0.2) is 0 Å². The van der Waals surface area contributed by atoms with Crippen LogP contribution in [0.5, 0.6) is 11.6 Å². The molecule has 0 aliphatic heterocycles. The first kappa shape index (κ1) is 11.9. The third-order valence-electron chi connectivity index (χ3n) is 1.83. The van der Waals surface area contributed by atoms with Gasteiger partial charge in [-0.3, -0.25) is 4.98 Å². The second-order valence-electron chi connectivity index (χ2n) is 3.04. The molecule has 2 aromatic heterocycles. The number of pyridine rings is 1. The normalized spacial score (nSPS) is 10.1. The van der Waals surface area contributed by atoms with Crippen LogP contribution < -0.4 is 10.1 Å². The van der Waals surface area contributed by atoms with Gasteiger partial charge in [-0.2, -0.15) is 4.98 Å². The molecule has 1 N–H and O–H groups in total. The first-order valence-electron chi connectivity index (χ1n) is 4.68. The molecule has 0 bridgehead atoms. The zero-order valence-corrected chi connectivity index (χ0v) is 10.3. The number of nitrogens with one attached hydrogen (secondary N) is 1. The van der Waals surface area contributed by atoms with E-state index in [4.69, 9.17) is 27.9 Å². The average Bonchev–Trinajstić information content (AvgIpc) is 2.32. The van der Waals surface area contributed by atoms with Gasteiger partial charge in [-0.1, -0.05) is 23.2 Å². The van der Waals surface area contributed by atoms with E-state index in [0.29, 0.717) is 21.7 Å². The van der Waals surface area contributed by atoms with Crippen LogP contribution >= 0.6 is 23.2 Å². The van der Waals surface area contributed by atoms with Gasteiger partial charge in [0.2, 0.25) is 11.8 Å². The first-order valence-corrected chi connectivity index (χ1v) is 5.43. The third kappa shape index (κ3) is 2.95. The van der Waals surface area contributed by atoms with E-state index in [1.807, 2.05) is 0 Å². The molecule has 0 aromatic carbocycles. The Hall–Kier alpha value is -1.59. The van der Waals surface area contributed by atoms with Crippen molar-refractivity contribution in [3.8, 4) is 11.6 Å². The molecule has 7 heteroatoms. The fourth-order valence-electron chi connectivity index (χ4n) is 1.10. The monoisotopic (exact) mass is 270 g/mol. The zero-order chi connectivity index (χ0) is 12.3. The summed E-state index contributed by atoms with van der Waals surface area (Å²) < 4.78 is 5.46. The Morgan fingerprint density at radius 1 is 1.24 bits per heavy atom. The number of hydrogen-bond acceptors (Lipinski definition) is 5. The van der Waals surface area contributed by atoms with Gasteiger partial charge in [0.05, 0.1) is 17.4 Å². The fraction of sp³-hybridized carbons (Fsp3) is 0.100. The van der Waals surface area contributed by atoms with E-state index in [1.165, 1.54) is 18.6 Å². The minimum absolute atomic E-state index is 0.245. The molecule has 0 atom stereocenters. The van der Waals surface area contributed by atoms with Crippen LogP contribution in [0.15, 0.2) is 24.7 Å². The van der Waals surface area contributed by atoms with Crippen molar-refractivity contribution in [2.45, 2.75) is 0 Å². The number of ether oxygens (including phenoxy) is 1. The molecular formula is C10H8Cl2N4O. The number of rotatable bonds is 3. The van der Waals surface area contributed by atoms with Gasteiger partial charge < -0.3 is 10.1 Å². The van der Waals surface area contributed by atoms with Gasteiger partial charge in [-0.15, -0.1) is 0 Å². The van der Waals surface area contributed by atoms with Gasteiger partial charge in [-0.25, -0.2) is 4.98 Å². The summed E-state index contributed by atoms with van der Waals surface area (Å²) in [5, 5.41) is 3.57. The molecule has 0 unspecified atom stereocenters. The smallest absolute Gasteiger partial charge is 0.243 e. The summed E-state index contributed by atoms with van der Waals surface area (Å²) in [6, 6.07) is 1.62. The summed E-state index contributed by atoms with van der Waals surface area (Å²) in [5.74, 6) is 1.12. The van der Waals surface area contributed by atoms with E-state index >= 15 is 0 Å².